The highest BCUT2D eigenvalue weighted by Crippen LogP contribution is 2.31. The highest BCUT2D eigenvalue weighted by molar-refractivity contribution is 6.35. The number of carbonyl (C=O) groups excluding carboxylic acids is 1. The number of hydrogen-bond donors (Lipinski definition) is 3. The summed E-state index contributed by atoms with van der Waals surface area (Å²) in [5, 5.41) is 13.4. The van der Waals surface area contributed by atoms with Gasteiger partial charge in [-0.2, -0.15) is 0 Å². The third-order valence-corrected chi connectivity index (χ3v) is 6.22. The number of ether oxygens (including phenoxy) is 1. The fourth-order valence-electron chi connectivity index (χ4n) is 4.23. The van der Waals surface area contributed by atoms with Gasteiger partial charge in [0.2, 0.25) is 0 Å². The maximum absolute atomic E-state index is 13.5. The first-order valence-electron chi connectivity index (χ1n) is 11.1. The van der Waals surface area contributed by atoms with E-state index in [1.807, 2.05) is 30.3 Å². The molecule has 5 rings (SSSR count). The lowest BCUT2D eigenvalue weighted by Gasteiger charge is -2.31. The number of aromatic nitrogens is 3. The Bertz CT molecular complexity index is 1390. The van der Waals surface area contributed by atoms with Gasteiger partial charge in [-0.05, 0) is 37.1 Å². The molecule has 4 aromatic rings. The summed E-state index contributed by atoms with van der Waals surface area (Å²) in [7, 11) is 0. The Morgan fingerprint density at radius 2 is 1.94 bits per heavy atom. The number of carboxylic acid groups (broad SMARTS) is 1. The number of amides is 1. The molecule has 1 aliphatic heterocycles. The van der Waals surface area contributed by atoms with Gasteiger partial charge in [0.05, 0.1) is 16.0 Å². The van der Waals surface area contributed by atoms with Crippen LogP contribution in [0.5, 0.6) is 11.5 Å². The summed E-state index contributed by atoms with van der Waals surface area (Å²) < 4.78 is 5.81. The number of fused-ring (bicyclic) bond motifs is 1. The molecule has 10 heteroatoms. The first-order valence-corrected chi connectivity index (χ1v) is 11.5. The minimum Gasteiger partial charge on any atom is -0.465 e. The van der Waals surface area contributed by atoms with E-state index >= 15 is 0 Å². The molecule has 2 aromatic heterocycles. The van der Waals surface area contributed by atoms with E-state index in [9.17, 15) is 14.7 Å². The van der Waals surface area contributed by atoms with Crippen LogP contribution in [0.15, 0.2) is 61.1 Å². The fraction of sp³-hybridized carbons (Fsp3) is 0.200. The second kappa shape index (κ2) is 9.63. The first kappa shape index (κ1) is 22.7. The quantitative estimate of drug-likeness (QED) is 0.317. The number of rotatable bonds is 6. The van der Waals surface area contributed by atoms with Gasteiger partial charge in [-0.1, -0.05) is 29.8 Å². The van der Waals surface area contributed by atoms with E-state index in [1.165, 1.54) is 11.2 Å². The number of anilines is 1. The number of halogens is 1. The molecule has 0 aliphatic carbocycles. The van der Waals surface area contributed by atoms with E-state index in [0.717, 1.165) is 12.8 Å². The van der Waals surface area contributed by atoms with Crippen molar-refractivity contribution < 1.29 is 19.4 Å². The Labute approximate surface area is 205 Å². The molecule has 0 saturated carbocycles. The highest BCUT2D eigenvalue weighted by atomic mass is 35.5. The minimum atomic E-state index is -0.948. The molecule has 1 atom stereocenters. The number of piperidine rings is 1. The molecule has 1 aliphatic rings. The molecule has 35 heavy (non-hydrogen) atoms. The average Bonchev–Trinajstić information content (AvgIpc) is 3.30. The number of H-pyrrole nitrogens is 1. The Hall–Kier alpha value is -4.11. The van der Waals surface area contributed by atoms with Gasteiger partial charge >= 0.3 is 6.09 Å². The predicted octanol–water partition coefficient (Wildman–Crippen LogP) is 5.19. The normalized spacial score (nSPS) is 15.7. The van der Waals surface area contributed by atoms with Crippen molar-refractivity contribution in [2.24, 2.45) is 0 Å². The molecule has 1 unspecified atom stereocenters. The zero-order chi connectivity index (χ0) is 24.4. The van der Waals surface area contributed by atoms with Crippen LogP contribution in [0.25, 0.3) is 11.0 Å². The molecule has 1 saturated heterocycles. The minimum absolute atomic E-state index is 0.131. The zero-order valence-corrected chi connectivity index (χ0v) is 19.3. The van der Waals surface area contributed by atoms with Gasteiger partial charge in [0.15, 0.2) is 5.78 Å². The number of hydrogen-bond acceptors (Lipinski definition) is 6. The maximum Gasteiger partial charge on any atom is 0.407 e. The molecule has 3 N–H and O–H groups in total. The molecular formula is C25H22ClN5O4. The van der Waals surface area contributed by atoms with Crippen molar-refractivity contribution in [2.45, 2.75) is 18.9 Å². The van der Waals surface area contributed by atoms with Crippen LogP contribution < -0.4 is 10.1 Å². The molecule has 1 amide bonds. The van der Waals surface area contributed by atoms with Crippen molar-refractivity contribution in [3.8, 4) is 11.5 Å². The predicted molar refractivity (Wildman–Crippen MR) is 132 cm³/mol. The Morgan fingerprint density at radius 1 is 1.11 bits per heavy atom. The lowest BCUT2D eigenvalue weighted by Crippen LogP contribution is -2.44. The van der Waals surface area contributed by atoms with Crippen molar-refractivity contribution in [1.82, 2.24) is 19.9 Å². The van der Waals surface area contributed by atoms with E-state index in [4.69, 9.17) is 16.3 Å². The third kappa shape index (κ3) is 4.76. The van der Waals surface area contributed by atoms with Gasteiger partial charge < -0.3 is 25.0 Å². The van der Waals surface area contributed by atoms with Crippen LogP contribution >= 0.6 is 11.6 Å². The monoisotopic (exact) mass is 491 g/mol. The number of benzene rings is 2. The van der Waals surface area contributed by atoms with Gasteiger partial charge in [0.1, 0.15) is 29.3 Å². The summed E-state index contributed by atoms with van der Waals surface area (Å²) in [5.74, 6) is 1.36. The number of nitrogens with zero attached hydrogens (tertiary/aromatic N) is 3. The Kier molecular flexibility index (Phi) is 6.24. The Balaban J connectivity index is 1.42. The number of aromatic amines is 1. The van der Waals surface area contributed by atoms with E-state index in [-0.39, 0.29) is 16.8 Å². The topological polar surface area (TPSA) is 120 Å². The second-order valence-electron chi connectivity index (χ2n) is 8.25. The van der Waals surface area contributed by atoms with Crippen LogP contribution in [0.3, 0.4) is 0 Å². The number of para-hydroxylation sites is 1. The molecular weight excluding hydrogens is 470 g/mol. The maximum atomic E-state index is 13.5. The lowest BCUT2D eigenvalue weighted by molar-refractivity contribution is 0.104. The van der Waals surface area contributed by atoms with Crippen LogP contribution in [-0.4, -0.2) is 56.0 Å². The Morgan fingerprint density at radius 3 is 2.71 bits per heavy atom. The molecule has 178 valence electrons. The van der Waals surface area contributed by atoms with E-state index in [0.29, 0.717) is 52.6 Å². The standard InChI is InChI=1S/C25H22ClN5O4/c26-20-11-17(35-16-6-2-1-3-7-16)8-9-18(20)22(32)19-12-27-23-21(19)24(29-14-28-23)30-15-5-4-10-31(13-15)25(33)34/h1-3,6-9,11-12,14-15H,4-5,10,13H2,(H,33,34)(H2,27,28,29,30). The number of carbonyl (C=O) groups is 2. The summed E-state index contributed by atoms with van der Waals surface area (Å²) in [6, 6.07) is 14.1. The molecule has 1 fully saturated rings. The highest BCUT2D eigenvalue weighted by Gasteiger charge is 2.26. The summed E-state index contributed by atoms with van der Waals surface area (Å²) >= 11 is 6.48. The number of ketones is 1. The smallest absolute Gasteiger partial charge is 0.407 e. The van der Waals surface area contributed by atoms with Gasteiger partial charge in [-0.3, -0.25) is 4.79 Å². The molecule has 0 spiro atoms. The summed E-state index contributed by atoms with van der Waals surface area (Å²) in [6.07, 6.45) is 3.57. The van der Waals surface area contributed by atoms with E-state index in [2.05, 4.69) is 20.3 Å². The van der Waals surface area contributed by atoms with Crippen LogP contribution in [0.4, 0.5) is 10.6 Å². The van der Waals surface area contributed by atoms with E-state index in [1.54, 1.807) is 24.4 Å². The zero-order valence-electron chi connectivity index (χ0n) is 18.6. The number of nitrogens with one attached hydrogen (secondary N) is 2. The van der Waals surface area contributed by atoms with Gasteiger partial charge in [-0.25, -0.2) is 14.8 Å². The van der Waals surface area contributed by atoms with Crippen LogP contribution in [0, 0.1) is 0 Å². The lowest BCUT2D eigenvalue weighted by atomic mass is 10.0. The van der Waals surface area contributed by atoms with Crippen molar-refractivity contribution in [2.75, 3.05) is 18.4 Å². The van der Waals surface area contributed by atoms with Crippen LogP contribution in [-0.2, 0) is 0 Å². The van der Waals surface area contributed by atoms with Crippen LogP contribution in [0.2, 0.25) is 5.02 Å². The summed E-state index contributed by atoms with van der Waals surface area (Å²) in [5.41, 5.74) is 1.18. The molecule has 0 radical (unpaired) electrons. The first-order chi connectivity index (χ1) is 17.0. The van der Waals surface area contributed by atoms with Crippen molar-refractivity contribution in [3.05, 3.63) is 77.2 Å². The van der Waals surface area contributed by atoms with Crippen molar-refractivity contribution >= 4 is 40.3 Å². The second-order valence-corrected chi connectivity index (χ2v) is 8.65. The molecule has 0 bridgehead atoms. The molecule has 3 heterocycles. The van der Waals surface area contributed by atoms with Crippen molar-refractivity contribution in [1.29, 1.82) is 0 Å². The van der Waals surface area contributed by atoms with Gasteiger partial charge in [0, 0.05) is 37.0 Å². The SMILES string of the molecule is O=C(c1ccc(Oc2ccccc2)cc1Cl)c1c[nH]c2ncnc(NC3CCCN(C(=O)O)C3)c12. The van der Waals surface area contributed by atoms with Gasteiger partial charge in [0.25, 0.3) is 0 Å². The van der Waals surface area contributed by atoms with Gasteiger partial charge in [-0.15, -0.1) is 0 Å². The van der Waals surface area contributed by atoms with Crippen LogP contribution in [0.1, 0.15) is 28.8 Å². The number of likely N-dealkylation sites (tertiary alicyclic amines) is 1. The largest absolute Gasteiger partial charge is 0.465 e. The summed E-state index contributed by atoms with van der Waals surface area (Å²) in [6.45, 7) is 0.840. The fourth-order valence-corrected chi connectivity index (χ4v) is 4.48. The van der Waals surface area contributed by atoms with E-state index < -0.39 is 6.09 Å². The molecule has 9 nitrogen and oxygen atoms in total. The summed E-state index contributed by atoms with van der Waals surface area (Å²) in [4.78, 5) is 37.9. The average molecular weight is 492 g/mol. The van der Waals surface area contributed by atoms with Crippen molar-refractivity contribution in [3.63, 3.8) is 0 Å². The third-order valence-electron chi connectivity index (χ3n) is 5.91. The molecule has 2 aromatic carbocycles.